The maximum absolute atomic E-state index is 5.75. The van der Waals surface area contributed by atoms with Gasteiger partial charge in [-0.2, -0.15) is 4.52 Å². The Labute approximate surface area is 189 Å². The van der Waals surface area contributed by atoms with Crippen molar-refractivity contribution in [1.29, 1.82) is 0 Å². The number of thioether (sulfide) groups is 1. The number of aryl methyl sites for hydroxylation is 1. The summed E-state index contributed by atoms with van der Waals surface area (Å²) < 4.78 is 13.2. The second-order valence-electron chi connectivity index (χ2n) is 7.72. The topological polar surface area (TPSA) is 61.5 Å². The molecule has 6 rings (SSSR count). The molecule has 7 heteroatoms. The van der Waals surface area contributed by atoms with Crippen LogP contribution in [0.1, 0.15) is 11.1 Å². The molecule has 158 valence electrons. The molecular weight excluding hydrogens is 420 g/mol. The van der Waals surface area contributed by atoms with Gasteiger partial charge in [-0.05, 0) is 42.8 Å². The zero-order chi connectivity index (χ0) is 21.5. The molecule has 32 heavy (non-hydrogen) atoms. The molecule has 3 aromatic carbocycles. The van der Waals surface area contributed by atoms with E-state index in [0.29, 0.717) is 19.0 Å². The van der Waals surface area contributed by atoms with Crippen molar-refractivity contribution in [3.8, 4) is 22.9 Å². The zero-order valence-electron chi connectivity index (χ0n) is 17.5. The number of ether oxygens (including phenoxy) is 2. The fraction of sp³-hybridized carbons (Fsp3) is 0.160. The van der Waals surface area contributed by atoms with E-state index in [1.54, 1.807) is 11.8 Å². The van der Waals surface area contributed by atoms with Crippen molar-refractivity contribution in [2.24, 2.45) is 0 Å². The van der Waals surface area contributed by atoms with E-state index in [4.69, 9.17) is 24.5 Å². The quantitative estimate of drug-likeness (QED) is 0.279. The molecule has 0 bridgehead atoms. The van der Waals surface area contributed by atoms with Crippen LogP contribution in [0, 0.1) is 6.92 Å². The van der Waals surface area contributed by atoms with Gasteiger partial charge in [-0.3, -0.25) is 0 Å². The zero-order valence-corrected chi connectivity index (χ0v) is 18.3. The minimum absolute atomic E-state index is 0.545. The number of fused-ring (bicyclic) bond motifs is 4. The fourth-order valence-corrected chi connectivity index (χ4v) is 4.66. The normalized spacial score (nSPS) is 13.0. The average Bonchev–Trinajstić information content (AvgIpc) is 3.29. The van der Waals surface area contributed by atoms with E-state index >= 15 is 0 Å². The van der Waals surface area contributed by atoms with Crippen molar-refractivity contribution in [2.75, 3.05) is 13.2 Å². The molecule has 6 nitrogen and oxygen atoms in total. The van der Waals surface area contributed by atoms with Gasteiger partial charge in [-0.1, -0.05) is 53.7 Å². The number of aromatic nitrogens is 4. The lowest BCUT2D eigenvalue weighted by Crippen LogP contribution is -2.15. The molecular formula is C25H20N4O2S. The second kappa shape index (κ2) is 7.84. The van der Waals surface area contributed by atoms with E-state index in [-0.39, 0.29) is 0 Å². The van der Waals surface area contributed by atoms with E-state index < -0.39 is 0 Å². The van der Waals surface area contributed by atoms with Crippen molar-refractivity contribution >= 4 is 28.3 Å². The summed E-state index contributed by atoms with van der Waals surface area (Å²) in [5.41, 5.74) is 5.09. The molecule has 0 N–H and O–H groups in total. The van der Waals surface area contributed by atoms with Gasteiger partial charge in [-0.25, -0.2) is 9.97 Å². The Balaban J connectivity index is 1.44. The summed E-state index contributed by atoms with van der Waals surface area (Å²) in [4.78, 5) is 9.78. The smallest absolute Gasteiger partial charge is 0.191 e. The van der Waals surface area contributed by atoms with Crippen LogP contribution >= 0.6 is 11.8 Å². The van der Waals surface area contributed by atoms with Crippen LogP contribution in [0.2, 0.25) is 0 Å². The monoisotopic (exact) mass is 440 g/mol. The molecule has 0 aliphatic carbocycles. The van der Waals surface area contributed by atoms with Gasteiger partial charge < -0.3 is 9.47 Å². The highest BCUT2D eigenvalue weighted by atomic mass is 32.2. The molecule has 0 spiro atoms. The SMILES string of the molecule is Cc1ccc(CSc2nc3ccccc3c3nc(-c4ccc5c(c4)OCCO5)nn23)cc1. The number of para-hydroxylation sites is 1. The molecule has 0 radical (unpaired) electrons. The Morgan fingerprint density at radius 2 is 1.72 bits per heavy atom. The summed E-state index contributed by atoms with van der Waals surface area (Å²) >= 11 is 1.66. The fourth-order valence-electron chi connectivity index (χ4n) is 3.76. The van der Waals surface area contributed by atoms with Crippen molar-refractivity contribution in [3.63, 3.8) is 0 Å². The van der Waals surface area contributed by atoms with Gasteiger partial charge in [0.15, 0.2) is 28.1 Å². The Kier molecular flexibility index (Phi) is 4.69. The molecule has 0 saturated carbocycles. The standard InChI is InChI=1S/C25H20N4O2S/c1-16-6-8-17(9-7-16)15-32-25-26-20-5-3-2-4-19(20)24-27-23(28-29(24)25)18-10-11-21-22(14-18)31-13-12-30-21/h2-11,14H,12-13,15H2,1H3. The average molecular weight is 441 g/mol. The number of rotatable bonds is 4. The Morgan fingerprint density at radius 3 is 2.59 bits per heavy atom. The Hall–Kier alpha value is -3.58. The number of nitrogens with zero attached hydrogens (tertiary/aromatic N) is 4. The largest absolute Gasteiger partial charge is 0.486 e. The summed E-state index contributed by atoms with van der Waals surface area (Å²) in [5.74, 6) is 2.92. The summed E-state index contributed by atoms with van der Waals surface area (Å²) in [7, 11) is 0. The number of hydrogen-bond acceptors (Lipinski definition) is 6. The van der Waals surface area contributed by atoms with Crippen LogP contribution in [-0.4, -0.2) is 32.8 Å². The van der Waals surface area contributed by atoms with E-state index in [0.717, 1.165) is 44.5 Å². The molecule has 1 aliphatic heterocycles. The maximum atomic E-state index is 5.75. The minimum atomic E-state index is 0.545. The molecule has 0 amide bonds. The third kappa shape index (κ3) is 3.44. The lowest BCUT2D eigenvalue weighted by atomic mass is 10.2. The van der Waals surface area contributed by atoms with E-state index in [1.807, 2.05) is 47.0 Å². The first-order valence-corrected chi connectivity index (χ1v) is 11.5. The van der Waals surface area contributed by atoms with E-state index in [1.165, 1.54) is 11.1 Å². The van der Waals surface area contributed by atoms with Gasteiger partial charge in [0.1, 0.15) is 13.2 Å². The molecule has 0 saturated heterocycles. The van der Waals surface area contributed by atoms with Gasteiger partial charge in [0.2, 0.25) is 0 Å². The molecule has 5 aromatic rings. The van der Waals surface area contributed by atoms with E-state index in [9.17, 15) is 0 Å². The van der Waals surface area contributed by atoms with E-state index in [2.05, 4.69) is 31.2 Å². The van der Waals surface area contributed by atoms with Gasteiger partial charge in [0.05, 0.1) is 5.52 Å². The highest BCUT2D eigenvalue weighted by Gasteiger charge is 2.18. The van der Waals surface area contributed by atoms with Crippen LogP contribution in [0.3, 0.4) is 0 Å². The second-order valence-corrected chi connectivity index (χ2v) is 8.66. The highest BCUT2D eigenvalue weighted by molar-refractivity contribution is 7.98. The Morgan fingerprint density at radius 1 is 0.906 bits per heavy atom. The lowest BCUT2D eigenvalue weighted by molar-refractivity contribution is 0.171. The van der Waals surface area contributed by atoms with Gasteiger partial charge >= 0.3 is 0 Å². The maximum Gasteiger partial charge on any atom is 0.191 e. The van der Waals surface area contributed by atoms with Gasteiger partial charge in [0.25, 0.3) is 0 Å². The van der Waals surface area contributed by atoms with Crippen LogP contribution in [-0.2, 0) is 5.75 Å². The van der Waals surface area contributed by atoms with Gasteiger partial charge in [-0.15, -0.1) is 5.10 Å². The molecule has 0 atom stereocenters. The first-order valence-electron chi connectivity index (χ1n) is 10.5. The molecule has 3 heterocycles. The predicted molar refractivity (Wildman–Crippen MR) is 125 cm³/mol. The third-order valence-corrected chi connectivity index (χ3v) is 6.44. The summed E-state index contributed by atoms with van der Waals surface area (Å²) in [6, 6.07) is 22.5. The number of hydrogen-bond donors (Lipinski definition) is 0. The van der Waals surface area contributed by atoms with Crippen molar-refractivity contribution in [1.82, 2.24) is 19.6 Å². The van der Waals surface area contributed by atoms with Crippen molar-refractivity contribution < 1.29 is 9.47 Å². The lowest BCUT2D eigenvalue weighted by Gasteiger charge is -2.18. The van der Waals surface area contributed by atoms with Crippen LogP contribution in [0.4, 0.5) is 0 Å². The summed E-state index contributed by atoms with van der Waals surface area (Å²) in [6.07, 6.45) is 0. The van der Waals surface area contributed by atoms with Crippen molar-refractivity contribution in [2.45, 2.75) is 17.8 Å². The molecule has 0 fully saturated rings. The van der Waals surface area contributed by atoms with Crippen molar-refractivity contribution in [3.05, 3.63) is 77.9 Å². The summed E-state index contributed by atoms with van der Waals surface area (Å²) in [5, 5.41) is 6.63. The summed E-state index contributed by atoms with van der Waals surface area (Å²) in [6.45, 7) is 3.21. The van der Waals surface area contributed by atoms with Gasteiger partial charge in [0, 0.05) is 16.7 Å². The van der Waals surface area contributed by atoms with Crippen LogP contribution in [0.5, 0.6) is 11.5 Å². The first-order chi connectivity index (χ1) is 15.7. The molecule has 0 unspecified atom stereocenters. The highest BCUT2D eigenvalue weighted by Crippen LogP contribution is 2.34. The van der Waals surface area contributed by atoms with Crippen LogP contribution in [0.25, 0.3) is 27.9 Å². The predicted octanol–water partition coefficient (Wildman–Crippen LogP) is 5.32. The van der Waals surface area contributed by atoms with Crippen LogP contribution in [0.15, 0.2) is 71.9 Å². The minimum Gasteiger partial charge on any atom is -0.486 e. The van der Waals surface area contributed by atoms with Crippen LogP contribution < -0.4 is 9.47 Å². The first kappa shape index (κ1) is 19.1. The third-order valence-electron chi connectivity index (χ3n) is 5.44. The molecule has 1 aliphatic rings. The Bertz CT molecular complexity index is 1450. The number of benzene rings is 3. The molecule has 2 aromatic heterocycles.